The summed E-state index contributed by atoms with van der Waals surface area (Å²) in [6.45, 7) is 4.51. The first-order chi connectivity index (χ1) is 8.61. The van der Waals surface area contributed by atoms with E-state index in [9.17, 15) is 5.11 Å². The first-order valence-corrected chi connectivity index (χ1v) is 5.89. The Bertz CT molecular complexity index is 526. The zero-order valence-corrected chi connectivity index (χ0v) is 10.8. The number of likely N-dealkylation sites (N-methyl/N-ethyl adjacent to an activating group) is 1. The highest BCUT2D eigenvalue weighted by Gasteiger charge is 2.11. The van der Waals surface area contributed by atoms with E-state index in [0.29, 0.717) is 23.9 Å². The van der Waals surface area contributed by atoms with E-state index in [2.05, 4.69) is 15.5 Å². The maximum atomic E-state index is 9.73. The van der Waals surface area contributed by atoms with Crippen molar-refractivity contribution in [2.45, 2.75) is 20.3 Å². The van der Waals surface area contributed by atoms with E-state index in [4.69, 9.17) is 4.52 Å². The predicted octanol–water partition coefficient (Wildman–Crippen LogP) is 1.82. The minimum atomic E-state index is 0.317. The molecule has 1 aromatic carbocycles. The molecule has 0 aliphatic carbocycles. The number of nitrogens with zero attached hydrogens (tertiary/aromatic N) is 2. The number of rotatable bonds is 4. The Labute approximate surface area is 106 Å². The summed E-state index contributed by atoms with van der Waals surface area (Å²) in [6.07, 6.45) is 0.708. The molecule has 5 nitrogen and oxygen atoms in total. The topological polar surface area (TPSA) is 71.2 Å². The Balaban J connectivity index is 2.28. The largest absolute Gasteiger partial charge is 0.507 e. The summed E-state index contributed by atoms with van der Waals surface area (Å²) >= 11 is 0. The van der Waals surface area contributed by atoms with Crippen LogP contribution in [0.3, 0.4) is 0 Å². The maximum Gasteiger partial charge on any atom is 0.228 e. The molecule has 0 radical (unpaired) electrons. The third kappa shape index (κ3) is 2.51. The fourth-order valence-corrected chi connectivity index (χ4v) is 1.79. The molecule has 0 unspecified atom stereocenters. The van der Waals surface area contributed by atoms with Crippen LogP contribution in [0.25, 0.3) is 11.4 Å². The first kappa shape index (κ1) is 12.6. The minimum absolute atomic E-state index is 0.317. The van der Waals surface area contributed by atoms with Crippen molar-refractivity contribution in [1.29, 1.82) is 0 Å². The molecule has 96 valence electrons. The smallest absolute Gasteiger partial charge is 0.228 e. The highest BCUT2D eigenvalue weighted by molar-refractivity contribution is 5.60. The summed E-state index contributed by atoms with van der Waals surface area (Å²) in [5.41, 5.74) is 2.49. The Morgan fingerprint density at radius 2 is 1.94 bits per heavy atom. The minimum Gasteiger partial charge on any atom is -0.507 e. The van der Waals surface area contributed by atoms with Gasteiger partial charge in [-0.15, -0.1) is 0 Å². The quantitative estimate of drug-likeness (QED) is 0.862. The predicted molar refractivity (Wildman–Crippen MR) is 68.5 cm³/mol. The van der Waals surface area contributed by atoms with Crippen LogP contribution in [0.1, 0.15) is 17.0 Å². The lowest BCUT2D eigenvalue weighted by molar-refractivity contribution is 0.377. The van der Waals surface area contributed by atoms with Crippen molar-refractivity contribution >= 4 is 0 Å². The first-order valence-electron chi connectivity index (χ1n) is 5.89. The average Bonchev–Trinajstić information content (AvgIpc) is 2.81. The van der Waals surface area contributed by atoms with Crippen molar-refractivity contribution in [1.82, 2.24) is 15.5 Å². The molecule has 1 heterocycles. The number of hydrogen-bond donors (Lipinski definition) is 2. The van der Waals surface area contributed by atoms with Gasteiger partial charge in [0, 0.05) is 18.5 Å². The van der Waals surface area contributed by atoms with Gasteiger partial charge in [-0.25, -0.2) is 0 Å². The molecule has 1 aromatic heterocycles. The molecule has 2 aromatic rings. The number of aromatic hydroxyl groups is 1. The fraction of sp³-hybridized carbons (Fsp3) is 0.385. The molecule has 2 N–H and O–H groups in total. The van der Waals surface area contributed by atoms with Gasteiger partial charge in [-0.2, -0.15) is 4.98 Å². The second-order valence-electron chi connectivity index (χ2n) is 4.32. The number of aryl methyl sites for hydroxylation is 2. The molecular weight excluding hydrogens is 230 g/mol. The number of benzene rings is 1. The summed E-state index contributed by atoms with van der Waals surface area (Å²) in [6, 6.07) is 3.71. The number of hydrogen-bond acceptors (Lipinski definition) is 5. The van der Waals surface area contributed by atoms with E-state index >= 15 is 0 Å². The zero-order chi connectivity index (χ0) is 13.1. The van der Waals surface area contributed by atoms with Gasteiger partial charge in [0.25, 0.3) is 0 Å². The molecule has 2 rings (SSSR count). The van der Waals surface area contributed by atoms with Gasteiger partial charge >= 0.3 is 0 Å². The summed E-state index contributed by atoms with van der Waals surface area (Å²) in [5, 5.41) is 16.7. The lowest BCUT2D eigenvalue weighted by Crippen LogP contribution is -2.10. The molecule has 0 amide bonds. The number of nitrogens with one attached hydrogen (secondary N) is 1. The van der Waals surface area contributed by atoms with Crippen LogP contribution in [0.5, 0.6) is 5.75 Å². The highest BCUT2D eigenvalue weighted by atomic mass is 16.5. The lowest BCUT2D eigenvalue weighted by atomic mass is 10.1. The fourth-order valence-electron chi connectivity index (χ4n) is 1.79. The van der Waals surface area contributed by atoms with Crippen molar-refractivity contribution in [2.75, 3.05) is 13.6 Å². The van der Waals surface area contributed by atoms with Gasteiger partial charge in [0.15, 0.2) is 0 Å². The lowest BCUT2D eigenvalue weighted by Gasteiger charge is -2.04. The second kappa shape index (κ2) is 5.18. The average molecular weight is 247 g/mol. The number of phenols is 1. The van der Waals surface area contributed by atoms with Crippen LogP contribution >= 0.6 is 0 Å². The molecular formula is C13H17N3O2. The van der Waals surface area contributed by atoms with Crippen LogP contribution in [0.4, 0.5) is 0 Å². The van der Waals surface area contributed by atoms with E-state index in [1.807, 2.05) is 33.0 Å². The van der Waals surface area contributed by atoms with Crippen molar-refractivity contribution in [3.05, 3.63) is 29.2 Å². The van der Waals surface area contributed by atoms with E-state index < -0.39 is 0 Å². The number of aromatic nitrogens is 2. The molecule has 5 heteroatoms. The molecule has 0 bridgehead atoms. The second-order valence-corrected chi connectivity index (χ2v) is 4.32. The van der Waals surface area contributed by atoms with Gasteiger partial charge in [-0.1, -0.05) is 5.16 Å². The zero-order valence-electron chi connectivity index (χ0n) is 10.8. The van der Waals surface area contributed by atoms with Crippen molar-refractivity contribution < 1.29 is 9.63 Å². The Morgan fingerprint density at radius 3 is 2.56 bits per heavy atom. The van der Waals surface area contributed by atoms with Crippen LogP contribution in [0.15, 0.2) is 16.7 Å². The Morgan fingerprint density at radius 1 is 1.28 bits per heavy atom. The molecule has 0 fully saturated rings. The molecule has 0 spiro atoms. The van der Waals surface area contributed by atoms with E-state index in [1.54, 1.807) is 0 Å². The van der Waals surface area contributed by atoms with Crippen molar-refractivity contribution in [2.24, 2.45) is 0 Å². The van der Waals surface area contributed by atoms with Crippen molar-refractivity contribution in [3.8, 4) is 17.1 Å². The molecule has 0 aliphatic rings. The van der Waals surface area contributed by atoms with Crippen molar-refractivity contribution in [3.63, 3.8) is 0 Å². The Hall–Kier alpha value is -1.88. The van der Waals surface area contributed by atoms with E-state index in [1.165, 1.54) is 0 Å². The normalized spacial score (nSPS) is 10.8. The maximum absolute atomic E-state index is 9.73. The summed E-state index contributed by atoms with van der Waals surface area (Å²) in [5.74, 6) is 1.49. The molecule has 0 aliphatic heterocycles. The standard InChI is InChI=1S/C13H17N3O2/c1-8-6-10(7-9(2)12(8)17)13-15-11(18-16-13)4-5-14-3/h6-7,14,17H,4-5H2,1-3H3. The van der Waals surface area contributed by atoms with Gasteiger partial charge in [-0.05, 0) is 44.2 Å². The van der Waals surface area contributed by atoms with Crippen LogP contribution < -0.4 is 5.32 Å². The highest BCUT2D eigenvalue weighted by Crippen LogP contribution is 2.27. The van der Waals surface area contributed by atoms with Crippen LogP contribution in [0, 0.1) is 13.8 Å². The monoisotopic (exact) mass is 247 g/mol. The van der Waals surface area contributed by atoms with Crippen LogP contribution in [-0.4, -0.2) is 28.8 Å². The van der Waals surface area contributed by atoms with Crippen LogP contribution in [-0.2, 0) is 6.42 Å². The van der Waals surface area contributed by atoms with Gasteiger partial charge < -0.3 is 14.9 Å². The van der Waals surface area contributed by atoms with Gasteiger partial charge in [0.05, 0.1) is 0 Å². The summed E-state index contributed by atoms with van der Waals surface area (Å²) in [7, 11) is 1.88. The third-order valence-corrected chi connectivity index (χ3v) is 2.81. The summed E-state index contributed by atoms with van der Waals surface area (Å²) in [4.78, 5) is 4.33. The van der Waals surface area contributed by atoms with Crippen LogP contribution in [0.2, 0.25) is 0 Å². The molecule has 18 heavy (non-hydrogen) atoms. The van der Waals surface area contributed by atoms with E-state index in [-0.39, 0.29) is 0 Å². The number of phenolic OH excluding ortho intramolecular Hbond substituents is 1. The third-order valence-electron chi connectivity index (χ3n) is 2.81. The molecule has 0 saturated carbocycles. The van der Waals surface area contributed by atoms with Gasteiger partial charge in [-0.3, -0.25) is 0 Å². The molecule has 0 atom stereocenters. The summed E-state index contributed by atoms with van der Waals surface area (Å²) < 4.78 is 5.17. The SMILES string of the molecule is CNCCc1nc(-c2cc(C)c(O)c(C)c2)no1. The van der Waals surface area contributed by atoms with E-state index in [0.717, 1.165) is 23.2 Å². The Kier molecular flexibility index (Phi) is 3.62. The van der Waals surface area contributed by atoms with Gasteiger partial charge in [0.2, 0.25) is 11.7 Å². The van der Waals surface area contributed by atoms with Gasteiger partial charge in [0.1, 0.15) is 5.75 Å². The molecule has 0 saturated heterocycles.